The molecule has 0 aromatic rings. The van der Waals surface area contributed by atoms with Gasteiger partial charge in [0.25, 0.3) is 0 Å². The Kier molecular flexibility index (Phi) is 49.3. The fourth-order valence-electron chi connectivity index (χ4n) is 7.91. The van der Waals surface area contributed by atoms with Crippen LogP contribution >= 0.6 is 0 Å². The molecule has 62 heavy (non-hydrogen) atoms. The Morgan fingerprint density at radius 1 is 0.339 bits per heavy atom. The Morgan fingerprint density at radius 2 is 0.629 bits per heavy atom. The van der Waals surface area contributed by atoms with Crippen LogP contribution in [-0.2, 0) is 28.6 Å². The van der Waals surface area contributed by atoms with Crippen LogP contribution in [0.2, 0.25) is 0 Å². The number of hydrogen-bond acceptors (Lipinski definition) is 6. The highest BCUT2D eigenvalue weighted by atomic mass is 16.6. The van der Waals surface area contributed by atoms with E-state index < -0.39 is 6.10 Å². The van der Waals surface area contributed by atoms with Gasteiger partial charge in [0.05, 0.1) is 0 Å². The maximum Gasteiger partial charge on any atom is 0.306 e. The average Bonchev–Trinajstić information content (AvgIpc) is 3.27. The normalized spacial score (nSPS) is 12.2. The summed E-state index contributed by atoms with van der Waals surface area (Å²) in [5.41, 5.74) is 0. The summed E-state index contributed by atoms with van der Waals surface area (Å²) < 4.78 is 16.8. The molecular weight excluding hydrogens is 769 g/mol. The zero-order valence-electron chi connectivity index (χ0n) is 41.4. The minimum absolute atomic E-state index is 0.0713. The molecule has 0 amide bonds. The molecule has 0 aromatic heterocycles. The van der Waals surface area contributed by atoms with Gasteiger partial charge in [-0.25, -0.2) is 0 Å². The van der Waals surface area contributed by atoms with Crippen molar-refractivity contribution >= 4 is 17.9 Å². The molecular formula is C56H102O6. The number of unbranched alkanes of at least 4 members (excludes halogenated alkanes) is 34. The van der Waals surface area contributed by atoms with Crippen LogP contribution in [0, 0.1) is 0 Å². The van der Waals surface area contributed by atoms with Crippen molar-refractivity contribution in [2.24, 2.45) is 0 Å². The van der Waals surface area contributed by atoms with Crippen molar-refractivity contribution < 1.29 is 28.6 Å². The number of carbonyl (C=O) groups is 3. The van der Waals surface area contributed by atoms with E-state index in [1.807, 2.05) is 0 Å². The number of esters is 3. The number of hydrogen-bond donors (Lipinski definition) is 0. The molecule has 0 fully saturated rings. The second-order valence-corrected chi connectivity index (χ2v) is 18.2. The molecule has 0 aromatic carbocycles. The lowest BCUT2D eigenvalue weighted by atomic mass is 10.0. The summed E-state index contributed by atoms with van der Waals surface area (Å²) in [6, 6.07) is 0. The number of rotatable bonds is 49. The van der Waals surface area contributed by atoms with Crippen LogP contribution in [-0.4, -0.2) is 37.2 Å². The number of carbonyl (C=O) groups excluding carboxylic acids is 3. The first-order valence-corrected chi connectivity index (χ1v) is 27.0. The molecule has 1 unspecified atom stereocenters. The predicted molar refractivity (Wildman–Crippen MR) is 266 cm³/mol. The molecule has 1 atom stereocenters. The first-order valence-electron chi connectivity index (χ1n) is 27.0. The molecule has 6 heteroatoms. The molecule has 0 radical (unpaired) electrons. The summed E-state index contributed by atoms with van der Waals surface area (Å²) in [5.74, 6) is -0.868. The minimum Gasteiger partial charge on any atom is -0.462 e. The Labute approximate surface area is 385 Å². The minimum atomic E-state index is -0.771. The van der Waals surface area contributed by atoms with Gasteiger partial charge in [0.15, 0.2) is 6.10 Å². The predicted octanol–water partition coefficient (Wildman–Crippen LogP) is 17.7. The van der Waals surface area contributed by atoms with Crippen molar-refractivity contribution in [2.45, 2.75) is 290 Å². The standard InChI is InChI=1S/C56H102O6/c1-4-7-10-13-16-19-22-25-28-31-34-37-40-43-46-49-55(58)61-52-53(51-60-54(57)48-45-42-39-36-33-30-27-24-21-18-15-12-9-6-3)62-56(59)50-47-44-41-38-35-32-29-26-23-20-17-14-11-8-5-2/h7,10,13,16,19,22,53H,4-6,8-9,11-12,14-15,17-18,20-21,23-52H2,1-3H3/b10-7-,16-13-,22-19-. The zero-order valence-corrected chi connectivity index (χ0v) is 41.4. The third-order valence-corrected chi connectivity index (χ3v) is 12.0. The van der Waals surface area contributed by atoms with Gasteiger partial charge in [-0.3, -0.25) is 14.4 Å². The first-order chi connectivity index (χ1) is 30.5. The molecule has 0 saturated heterocycles. The smallest absolute Gasteiger partial charge is 0.306 e. The fraction of sp³-hybridized carbons (Fsp3) is 0.839. The maximum absolute atomic E-state index is 12.8. The summed E-state index contributed by atoms with van der Waals surface area (Å²) in [7, 11) is 0. The van der Waals surface area contributed by atoms with E-state index in [9.17, 15) is 14.4 Å². The second-order valence-electron chi connectivity index (χ2n) is 18.2. The van der Waals surface area contributed by atoms with E-state index in [-0.39, 0.29) is 31.1 Å². The monoisotopic (exact) mass is 871 g/mol. The average molecular weight is 871 g/mol. The van der Waals surface area contributed by atoms with E-state index in [1.54, 1.807) is 0 Å². The molecule has 0 spiro atoms. The van der Waals surface area contributed by atoms with E-state index in [0.29, 0.717) is 19.3 Å². The Hall–Kier alpha value is -2.37. The van der Waals surface area contributed by atoms with Crippen molar-refractivity contribution in [1.82, 2.24) is 0 Å². The van der Waals surface area contributed by atoms with Crippen molar-refractivity contribution in [1.29, 1.82) is 0 Å². The second kappa shape index (κ2) is 51.3. The van der Waals surface area contributed by atoms with E-state index in [1.165, 1.54) is 173 Å². The van der Waals surface area contributed by atoms with E-state index in [4.69, 9.17) is 14.2 Å². The van der Waals surface area contributed by atoms with Crippen molar-refractivity contribution in [2.75, 3.05) is 13.2 Å². The molecule has 0 aliphatic rings. The third-order valence-electron chi connectivity index (χ3n) is 12.0. The van der Waals surface area contributed by atoms with Crippen LogP contribution in [0.4, 0.5) is 0 Å². The Balaban J connectivity index is 4.35. The fourth-order valence-corrected chi connectivity index (χ4v) is 7.91. The van der Waals surface area contributed by atoms with Gasteiger partial charge in [-0.05, 0) is 38.5 Å². The van der Waals surface area contributed by atoms with Crippen LogP contribution in [0.3, 0.4) is 0 Å². The van der Waals surface area contributed by atoms with Crippen LogP contribution in [0.15, 0.2) is 36.5 Å². The van der Waals surface area contributed by atoms with Gasteiger partial charge < -0.3 is 14.2 Å². The molecule has 0 aliphatic heterocycles. The molecule has 0 N–H and O–H groups in total. The molecule has 0 aliphatic carbocycles. The van der Waals surface area contributed by atoms with Gasteiger partial charge in [0.1, 0.15) is 13.2 Å². The summed E-state index contributed by atoms with van der Waals surface area (Å²) >= 11 is 0. The van der Waals surface area contributed by atoms with Gasteiger partial charge >= 0.3 is 17.9 Å². The summed E-state index contributed by atoms with van der Waals surface area (Å²) in [5, 5.41) is 0. The quantitative estimate of drug-likeness (QED) is 0.0262. The summed E-state index contributed by atoms with van der Waals surface area (Å²) in [6.45, 7) is 6.53. The van der Waals surface area contributed by atoms with Crippen LogP contribution in [0.25, 0.3) is 0 Å². The SMILES string of the molecule is CC\C=C/C=C\C=C/CCCCCCCCCC(=O)OCC(COC(=O)CCCCCCCCCCCCCCCC)OC(=O)CCCCCCCCCCCCCCCCC. The van der Waals surface area contributed by atoms with Gasteiger partial charge in [0.2, 0.25) is 0 Å². The van der Waals surface area contributed by atoms with Crippen molar-refractivity contribution in [3.05, 3.63) is 36.5 Å². The van der Waals surface area contributed by atoms with Crippen LogP contribution < -0.4 is 0 Å². The van der Waals surface area contributed by atoms with Gasteiger partial charge in [-0.2, -0.15) is 0 Å². The molecule has 0 bridgehead atoms. The van der Waals surface area contributed by atoms with Crippen LogP contribution in [0.1, 0.15) is 284 Å². The van der Waals surface area contributed by atoms with E-state index in [2.05, 4.69) is 57.2 Å². The molecule has 0 saturated carbocycles. The molecule has 362 valence electrons. The number of allylic oxidation sites excluding steroid dienone is 6. The van der Waals surface area contributed by atoms with E-state index in [0.717, 1.165) is 70.6 Å². The van der Waals surface area contributed by atoms with Crippen molar-refractivity contribution in [3.8, 4) is 0 Å². The first kappa shape index (κ1) is 59.6. The number of ether oxygens (including phenoxy) is 3. The molecule has 0 heterocycles. The Bertz CT molecular complexity index is 1050. The lowest BCUT2D eigenvalue weighted by Crippen LogP contribution is -2.30. The van der Waals surface area contributed by atoms with Gasteiger partial charge in [0, 0.05) is 19.3 Å². The summed E-state index contributed by atoms with van der Waals surface area (Å²) in [4.78, 5) is 38.0. The van der Waals surface area contributed by atoms with E-state index >= 15 is 0 Å². The molecule has 0 rings (SSSR count). The highest BCUT2D eigenvalue weighted by molar-refractivity contribution is 5.71. The topological polar surface area (TPSA) is 78.9 Å². The van der Waals surface area contributed by atoms with Crippen molar-refractivity contribution in [3.63, 3.8) is 0 Å². The molecule has 6 nitrogen and oxygen atoms in total. The lowest BCUT2D eigenvalue weighted by molar-refractivity contribution is -0.167. The zero-order chi connectivity index (χ0) is 45.1. The third kappa shape index (κ3) is 48.7. The highest BCUT2D eigenvalue weighted by Gasteiger charge is 2.19. The lowest BCUT2D eigenvalue weighted by Gasteiger charge is -2.18. The Morgan fingerprint density at radius 3 is 0.968 bits per heavy atom. The van der Waals surface area contributed by atoms with Gasteiger partial charge in [-0.15, -0.1) is 0 Å². The van der Waals surface area contributed by atoms with Gasteiger partial charge in [-0.1, -0.05) is 263 Å². The van der Waals surface area contributed by atoms with Crippen LogP contribution in [0.5, 0.6) is 0 Å². The maximum atomic E-state index is 12.8. The largest absolute Gasteiger partial charge is 0.462 e. The highest BCUT2D eigenvalue weighted by Crippen LogP contribution is 2.16. The summed E-state index contributed by atoms with van der Waals surface area (Å²) in [6.07, 6.45) is 59.8.